The molecular formula is C104H134N14O11S2. The maximum atomic E-state index is 14.4. The molecule has 2 unspecified atom stereocenters. The third-order valence-electron chi connectivity index (χ3n) is 34.7. The van der Waals surface area contributed by atoms with E-state index >= 15 is 0 Å². The van der Waals surface area contributed by atoms with Gasteiger partial charge >= 0.3 is 0 Å². The Kier molecular flexibility index (Phi) is 24.2. The number of amides is 4. The topological polar surface area (TPSA) is 325 Å². The van der Waals surface area contributed by atoms with E-state index in [0.717, 1.165) is 236 Å². The van der Waals surface area contributed by atoms with Crippen molar-refractivity contribution in [2.24, 2.45) is 88.2 Å². The second-order valence-electron chi connectivity index (χ2n) is 42.1. The monoisotopic (exact) mass is 1820 g/mol. The van der Waals surface area contributed by atoms with E-state index < -0.39 is 22.2 Å². The molecule has 0 bridgehead atoms. The minimum atomic E-state index is -0.999. The molecule has 2 saturated heterocycles. The summed E-state index contributed by atoms with van der Waals surface area (Å²) in [5, 5.41) is 5.77. The van der Waals surface area contributed by atoms with Gasteiger partial charge in [0.05, 0.1) is 67.9 Å². The zero-order valence-electron chi connectivity index (χ0n) is 77.2. The lowest BCUT2D eigenvalue weighted by Gasteiger charge is -2.45. The Balaban J connectivity index is 0.000000106. The molecule has 8 N–H and O–H groups in total. The van der Waals surface area contributed by atoms with Crippen molar-refractivity contribution in [3.63, 3.8) is 0 Å². The van der Waals surface area contributed by atoms with Crippen LogP contribution in [0.3, 0.4) is 0 Å². The minimum absolute atomic E-state index is 0.0239. The molecule has 0 radical (unpaired) electrons. The summed E-state index contributed by atoms with van der Waals surface area (Å²) in [4.78, 5) is 93.0. The highest BCUT2D eigenvalue weighted by Gasteiger charge is 2.72. The summed E-state index contributed by atoms with van der Waals surface area (Å²) in [6.07, 6.45) is 43.6. The van der Waals surface area contributed by atoms with Gasteiger partial charge in [0.2, 0.25) is 0 Å². The zero-order chi connectivity index (χ0) is 89.8. The van der Waals surface area contributed by atoms with Gasteiger partial charge in [-0.15, -0.1) is 22.7 Å². The number of rotatable bonds is 25. The Morgan fingerprint density at radius 2 is 0.702 bits per heavy atom. The molecule has 8 heterocycles. The van der Waals surface area contributed by atoms with Crippen LogP contribution in [0, 0.1) is 45.3 Å². The number of nitrogens with two attached hydrogens (primary N) is 4. The molecule has 6 aliphatic heterocycles. The van der Waals surface area contributed by atoms with Crippen molar-refractivity contribution in [2.45, 2.75) is 303 Å². The predicted molar refractivity (Wildman–Crippen MR) is 504 cm³/mol. The van der Waals surface area contributed by atoms with Crippen LogP contribution in [0.25, 0.3) is 0 Å². The van der Waals surface area contributed by atoms with Gasteiger partial charge in [-0.2, -0.15) is 0 Å². The van der Waals surface area contributed by atoms with Crippen LogP contribution < -0.4 is 27.7 Å². The number of fused-ring (bicyclic) bond motifs is 12. The zero-order valence-corrected chi connectivity index (χ0v) is 78.8. The molecule has 24 rings (SSSR count). The van der Waals surface area contributed by atoms with Crippen LogP contribution >= 0.6 is 22.7 Å². The molecule has 698 valence electrons. The summed E-state index contributed by atoms with van der Waals surface area (Å²) >= 11 is 3.14. The van der Waals surface area contributed by atoms with Crippen LogP contribution in [0.1, 0.15) is 257 Å². The van der Waals surface area contributed by atoms with E-state index in [1.165, 1.54) is 121 Å². The highest BCUT2D eigenvalue weighted by atomic mass is 32.1. The Hall–Kier alpha value is -8.54. The number of nitrogens with zero attached hydrogens (tertiary/aromatic N) is 10. The van der Waals surface area contributed by atoms with Gasteiger partial charge in [-0.25, -0.2) is 29.9 Å². The number of aromatic nitrogens is 2. The maximum absolute atomic E-state index is 14.4. The van der Waals surface area contributed by atoms with Crippen molar-refractivity contribution in [2.75, 3.05) is 67.9 Å². The molecular weight excluding hydrogens is 1690 g/mol. The van der Waals surface area contributed by atoms with Crippen LogP contribution in [0.4, 0.5) is 0 Å². The number of hydrogen-bond donors (Lipinski definition) is 4. The van der Waals surface area contributed by atoms with Crippen LogP contribution in [0.5, 0.6) is 5.75 Å². The number of aliphatic imine (C=N–C) groups is 4. The van der Waals surface area contributed by atoms with E-state index in [1.54, 1.807) is 65.6 Å². The van der Waals surface area contributed by atoms with Gasteiger partial charge < -0.3 is 56.1 Å². The summed E-state index contributed by atoms with van der Waals surface area (Å²) < 4.78 is 40.1. The van der Waals surface area contributed by atoms with Gasteiger partial charge in [-0.05, 0) is 290 Å². The standard InChI is InChI=1S/C27H34N4O2S.2C26H35N3O3.C25H30N4O3S/c1-33-21-8-11-26(12-9-21)17-20-7-6-19(5-4-18-2-3-18)16-22(20)27(26)24(32)31(25(28)30-27)14-10-23-29-13-15-34-23;2*1-31-20-8-11-25(12-9-20)15-19-7-6-18(5-4-17-2-3-17)14-22(19)26(25)23(30)29(24(27)28-26)16-21-10-13-32-21;1-31-18-6-8-24(9-7-18)13-17-4-5-19(32-15-16-2-3-16)12-20(17)25(24)22(30)29(23(26)28-25)14-21-27-10-11-33-21/h6-7,13,15-16,18,21H,2-5,8-12,14,17H2,1H3,(H2,28,30);2*6-7,14,17,20-21H,2-5,8-13,15-16H2,1H3,(H2,27,28);4-5,10-12,16,18H,2-3,6-9,13-15H2,1H3,(H2,26,28)/t;20?,21-,25?,26+;20?,21-,25?,26-;/m.01./s1. The summed E-state index contributed by atoms with van der Waals surface area (Å²) in [5.41, 5.74) is 34.7. The van der Waals surface area contributed by atoms with Crippen molar-refractivity contribution in [1.29, 1.82) is 0 Å². The Morgan fingerprint density at radius 3 is 1.03 bits per heavy atom. The molecule has 12 aliphatic carbocycles. The highest BCUT2D eigenvalue weighted by Crippen LogP contribution is 2.67. The second kappa shape index (κ2) is 35.6. The largest absolute Gasteiger partial charge is 0.493 e. The van der Waals surface area contributed by atoms with Crippen LogP contribution in [0.15, 0.2) is 116 Å². The summed E-state index contributed by atoms with van der Waals surface area (Å²) in [5.74, 6) is 5.75. The smallest absolute Gasteiger partial charge is 0.262 e. The van der Waals surface area contributed by atoms with Crippen LogP contribution in [-0.4, -0.2) is 182 Å². The highest BCUT2D eigenvalue weighted by molar-refractivity contribution is 7.09. The molecule has 10 fully saturated rings. The first-order valence-electron chi connectivity index (χ1n) is 49.6. The number of methoxy groups -OCH3 is 4. The van der Waals surface area contributed by atoms with Crippen molar-refractivity contribution in [3.05, 3.63) is 167 Å². The van der Waals surface area contributed by atoms with Crippen molar-refractivity contribution < 1.29 is 52.3 Å². The van der Waals surface area contributed by atoms with E-state index in [-0.39, 0.29) is 81.9 Å². The number of aryl methyl sites for hydroxylation is 3. The number of hydrogen-bond acceptors (Lipinski definition) is 23. The van der Waals surface area contributed by atoms with Gasteiger partial charge in [0.15, 0.2) is 46.0 Å². The Labute approximate surface area is 779 Å². The van der Waals surface area contributed by atoms with Gasteiger partial charge in [-0.1, -0.05) is 99.2 Å². The lowest BCUT2D eigenvalue weighted by molar-refractivity contribution is -0.142. The Bertz CT molecular complexity index is 5240. The Morgan fingerprint density at radius 1 is 0.382 bits per heavy atom. The first-order valence-corrected chi connectivity index (χ1v) is 51.4. The third-order valence-corrected chi connectivity index (χ3v) is 36.3. The van der Waals surface area contributed by atoms with E-state index in [2.05, 4.69) is 82.8 Å². The third kappa shape index (κ3) is 15.9. The van der Waals surface area contributed by atoms with Crippen molar-refractivity contribution in [3.8, 4) is 5.75 Å². The SMILES string of the molecule is COC1CCC2(CC1)Cc1ccc(CCC3CC3)cc1C21N=C(N)N(CCc2nccs2)C1=O.COC1CCC2(CC1)Cc1ccc(CCC3CC3)cc1[C@]21N=C(N)N(C[C@@H]2CCO2)C1=O.COC1CCC2(CC1)Cc1ccc(CCC3CC3)cc1[C@]21N=C(N)N(C[C@H]2CCO2)C1=O.COC1CCC2(CC1)Cc1ccc(OCC3CC3)cc1C21N=C(N)N(Cc2nccs2)C1=O. The summed E-state index contributed by atoms with van der Waals surface area (Å²) in [6.45, 7) is 4.19. The summed E-state index contributed by atoms with van der Waals surface area (Å²) in [6, 6.07) is 26.8. The quantitative estimate of drug-likeness (QED) is 0.0414. The number of guanidine groups is 4. The van der Waals surface area contributed by atoms with E-state index in [9.17, 15) is 19.2 Å². The number of thiazole rings is 2. The second-order valence-corrected chi connectivity index (χ2v) is 44.1. The first kappa shape index (κ1) is 89.0. The number of benzene rings is 4. The van der Waals surface area contributed by atoms with Gasteiger partial charge in [-0.3, -0.25) is 38.8 Å². The molecule has 6 atom stereocenters. The molecule has 4 aromatic carbocycles. The van der Waals surface area contributed by atoms with Gasteiger partial charge in [0, 0.05) is 99.4 Å². The number of carbonyl (C=O) groups is 4. The number of ether oxygens (including phenoxy) is 7. The molecule has 2 aromatic heterocycles. The fourth-order valence-corrected chi connectivity index (χ4v) is 27.2. The predicted octanol–water partition coefficient (Wildman–Crippen LogP) is 14.4. The van der Waals surface area contributed by atoms with Crippen molar-refractivity contribution >= 4 is 70.1 Å². The van der Waals surface area contributed by atoms with Crippen LogP contribution in [-0.2, 0) is 128 Å². The normalized spacial score (nSPS) is 33.2. The van der Waals surface area contributed by atoms with E-state index in [4.69, 9.17) is 76.1 Å². The van der Waals surface area contributed by atoms with Crippen LogP contribution in [0.2, 0.25) is 0 Å². The van der Waals surface area contributed by atoms with Gasteiger partial charge in [0.1, 0.15) is 10.8 Å². The average molecular weight is 1820 g/mol. The molecule has 25 nitrogen and oxygen atoms in total. The maximum Gasteiger partial charge on any atom is 0.262 e. The average Bonchev–Trinajstić information content (AvgIpc) is 1.54. The molecule has 4 amide bonds. The first-order chi connectivity index (χ1) is 63.7. The molecule has 6 aromatic rings. The molecule has 8 spiro atoms. The fourth-order valence-electron chi connectivity index (χ4n) is 26.0. The van der Waals surface area contributed by atoms with Crippen molar-refractivity contribution in [1.82, 2.24) is 29.6 Å². The van der Waals surface area contributed by atoms with E-state index in [1.807, 2.05) is 17.0 Å². The minimum Gasteiger partial charge on any atom is -0.493 e. The lowest BCUT2D eigenvalue weighted by Crippen LogP contribution is -2.54. The van der Waals surface area contributed by atoms with Gasteiger partial charge in [0.25, 0.3) is 23.6 Å². The lowest BCUT2D eigenvalue weighted by atomic mass is 9.61. The number of carbonyl (C=O) groups excluding carboxylic acids is 4. The van der Waals surface area contributed by atoms with E-state index in [0.29, 0.717) is 62.4 Å². The summed E-state index contributed by atoms with van der Waals surface area (Å²) in [7, 11) is 7.17. The molecule has 27 heteroatoms. The molecule has 8 saturated carbocycles. The fraction of sp³-hybridized carbons (Fsp3) is 0.635. The molecule has 18 aliphatic rings. The molecule has 131 heavy (non-hydrogen) atoms.